The molecule has 0 spiro atoms. The minimum absolute atomic E-state index is 0.0755. The van der Waals surface area contributed by atoms with Crippen molar-refractivity contribution in [1.82, 2.24) is 25.0 Å². The fourth-order valence-electron chi connectivity index (χ4n) is 2.06. The van der Waals surface area contributed by atoms with Crippen molar-refractivity contribution < 1.29 is 0 Å². The molecule has 2 aromatic rings. The number of hydrogen-bond acceptors (Lipinski definition) is 5. The van der Waals surface area contributed by atoms with Gasteiger partial charge in [0, 0.05) is 31.8 Å². The van der Waals surface area contributed by atoms with E-state index in [1.807, 2.05) is 24.7 Å². The van der Waals surface area contributed by atoms with E-state index in [1.165, 1.54) is 0 Å². The lowest BCUT2D eigenvalue weighted by Crippen LogP contribution is -2.30. The molecule has 7 nitrogen and oxygen atoms in total. The summed E-state index contributed by atoms with van der Waals surface area (Å²) in [5, 5.41) is 8.44. The Kier molecular flexibility index (Phi) is 3.35. The van der Waals surface area contributed by atoms with E-state index in [9.17, 15) is 0 Å². The molecule has 0 radical (unpaired) electrons. The van der Waals surface area contributed by atoms with Gasteiger partial charge in [-0.1, -0.05) is 0 Å². The summed E-state index contributed by atoms with van der Waals surface area (Å²) in [4.78, 5) is 0. The second kappa shape index (κ2) is 4.79. The van der Waals surface area contributed by atoms with Gasteiger partial charge in [0.05, 0.1) is 17.9 Å². The highest BCUT2D eigenvalue weighted by molar-refractivity contribution is 5.41. The second-order valence-corrected chi connectivity index (χ2v) is 4.43. The van der Waals surface area contributed by atoms with Crippen molar-refractivity contribution in [3.8, 4) is 0 Å². The van der Waals surface area contributed by atoms with Crippen LogP contribution in [0.1, 0.15) is 23.0 Å². The van der Waals surface area contributed by atoms with Gasteiger partial charge in [-0.05, 0) is 13.0 Å². The summed E-state index contributed by atoms with van der Waals surface area (Å²) in [5.41, 5.74) is 11.7. The van der Waals surface area contributed by atoms with Crippen LogP contribution in [0.5, 0.6) is 0 Å². The molecule has 1 atom stereocenters. The van der Waals surface area contributed by atoms with E-state index in [-0.39, 0.29) is 6.04 Å². The van der Waals surface area contributed by atoms with Crippen LogP contribution in [-0.4, -0.2) is 19.6 Å². The smallest absolute Gasteiger partial charge is 0.126 e. The average Bonchev–Trinajstić information content (AvgIpc) is 2.81. The van der Waals surface area contributed by atoms with Crippen molar-refractivity contribution >= 4 is 5.82 Å². The van der Waals surface area contributed by atoms with Gasteiger partial charge in [0.1, 0.15) is 5.82 Å². The van der Waals surface area contributed by atoms with Gasteiger partial charge >= 0.3 is 0 Å². The molecular weight excluding hydrogens is 230 g/mol. The molecule has 0 aromatic carbocycles. The van der Waals surface area contributed by atoms with Crippen LogP contribution in [0.4, 0.5) is 5.82 Å². The Hall–Kier alpha value is -1.86. The number of hydrazine groups is 1. The van der Waals surface area contributed by atoms with Gasteiger partial charge in [0.15, 0.2) is 0 Å². The van der Waals surface area contributed by atoms with E-state index in [4.69, 9.17) is 11.6 Å². The zero-order valence-electron chi connectivity index (χ0n) is 10.9. The van der Waals surface area contributed by atoms with Crippen molar-refractivity contribution in [1.29, 1.82) is 0 Å². The van der Waals surface area contributed by atoms with Crippen LogP contribution in [-0.2, 0) is 20.5 Å². The third-order valence-electron chi connectivity index (χ3n) is 3.10. The molecule has 0 aliphatic carbocycles. The Morgan fingerprint density at radius 3 is 2.56 bits per heavy atom. The molecule has 1 unspecified atom stereocenters. The first-order valence-electron chi connectivity index (χ1n) is 5.76. The number of anilines is 1. The normalized spacial score (nSPS) is 12.9. The predicted molar refractivity (Wildman–Crippen MR) is 69.3 cm³/mol. The summed E-state index contributed by atoms with van der Waals surface area (Å²) in [6, 6.07) is 1.96. The van der Waals surface area contributed by atoms with E-state index >= 15 is 0 Å². The van der Waals surface area contributed by atoms with E-state index in [0.29, 0.717) is 12.2 Å². The molecule has 18 heavy (non-hydrogen) atoms. The Balaban J connectivity index is 2.25. The van der Waals surface area contributed by atoms with Gasteiger partial charge in [0.2, 0.25) is 0 Å². The summed E-state index contributed by atoms with van der Waals surface area (Å²) in [5.74, 6) is 6.24. The van der Waals surface area contributed by atoms with Crippen LogP contribution >= 0.6 is 0 Å². The molecule has 2 heterocycles. The number of nitrogens with one attached hydrogen (secondary N) is 1. The lowest BCUT2D eigenvalue weighted by atomic mass is 10.1. The van der Waals surface area contributed by atoms with Gasteiger partial charge in [-0.3, -0.25) is 20.6 Å². The first-order valence-corrected chi connectivity index (χ1v) is 5.76. The first kappa shape index (κ1) is 12.6. The molecule has 0 saturated carbocycles. The maximum absolute atomic E-state index is 5.96. The van der Waals surface area contributed by atoms with E-state index in [2.05, 4.69) is 15.6 Å². The highest BCUT2D eigenvalue weighted by Crippen LogP contribution is 2.22. The summed E-state index contributed by atoms with van der Waals surface area (Å²) in [6.45, 7) is 1.97. The molecule has 0 fully saturated rings. The lowest BCUT2D eigenvalue weighted by molar-refractivity contribution is 0.531. The number of nitrogens with two attached hydrogens (primary N) is 2. The molecule has 0 saturated heterocycles. The Morgan fingerprint density at radius 1 is 1.39 bits per heavy atom. The van der Waals surface area contributed by atoms with Crippen molar-refractivity contribution in [2.45, 2.75) is 19.4 Å². The Bertz CT molecular complexity index is 540. The molecule has 2 aromatic heterocycles. The SMILES string of the molecule is Cc1cc(CC(NN)c2cnn(C)c2N)n(C)n1. The summed E-state index contributed by atoms with van der Waals surface area (Å²) < 4.78 is 3.49. The zero-order chi connectivity index (χ0) is 13.3. The quantitative estimate of drug-likeness (QED) is 0.514. The highest BCUT2D eigenvalue weighted by atomic mass is 15.3. The fraction of sp³-hybridized carbons (Fsp3) is 0.455. The Morgan fingerprint density at radius 2 is 2.11 bits per heavy atom. The van der Waals surface area contributed by atoms with Crippen molar-refractivity contribution in [3.05, 3.63) is 29.2 Å². The summed E-state index contributed by atoms with van der Waals surface area (Å²) in [7, 11) is 3.73. The summed E-state index contributed by atoms with van der Waals surface area (Å²) >= 11 is 0. The van der Waals surface area contributed by atoms with E-state index < -0.39 is 0 Å². The van der Waals surface area contributed by atoms with E-state index in [1.54, 1.807) is 17.9 Å². The number of hydrogen-bond donors (Lipinski definition) is 3. The molecule has 0 aliphatic rings. The third kappa shape index (κ3) is 2.22. The fourth-order valence-corrected chi connectivity index (χ4v) is 2.06. The number of nitrogen functional groups attached to an aromatic ring is 1. The maximum Gasteiger partial charge on any atom is 0.126 e. The van der Waals surface area contributed by atoms with Gasteiger partial charge in [-0.25, -0.2) is 0 Å². The van der Waals surface area contributed by atoms with Crippen LogP contribution in [0.25, 0.3) is 0 Å². The van der Waals surface area contributed by atoms with Crippen molar-refractivity contribution in [2.75, 3.05) is 5.73 Å². The molecule has 0 bridgehead atoms. The van der Waals surface area contributed by atoms with Crippen LogP contribution < -0.4 is 17.0 Å². The molecule has 7 heteroatoms. The molecule has 2 rings (SSSR count). The lowest BCUT2D eigenvalue weighted by Gasteiger charge is -2.15. The average molecular weight is 249 g/mol. The van der Waals surface area contributed by atoms with Crippen molar-refractivity contribution in [2.24, 2.45) is 19.9 Å². The number of aromatic nitrogens is 4. The van der Waals surface area contributed by atoms with Crippen LogP contribution in [0.2, 0.25) is 0 Å². The molecule has 0 aliphatic heterocycles. The van der Waals surface area contributed by atoms with Gasteiger partial charge in [0.25, 0.3) is 0 Å². The summed E-state index contributed by atoms with van der Waals surface area (Å²) in [6.07, 6.45) is 2.45. The number of aryl methyl sites for hydroxylation is 3. The molecular formula is C11H19N7. The third-order valence-corrected chi connectivity index (χ3v) is 3.10. The second-order valence-electron chi connectivity index (χ2n) is 4.43. The topological polar surface area (TPSA) is 99.7 Å². The standard InChI is InChI=1S/C11H19N7/c1-7-4-8(17(2)16-7)5-10(15-13)9-6-14-18(3)11(9)12/h4,6,10,15H,5,12-13H2,1-3H3. The van der Waals surface area contributed by atoms with Crippen LogP contribution in [0.15, 0.2) is 12.3 Å². The Labute approximate surface area is 106 Å². The zero-order valence-corrected chi connectivity index (χ0v) is 10.9. The largest absolute Gasteiger partial charge is 0.384 e. The molecule has 0 amide bonds. The molecule has 98 valence electrons. The molecule has 5 N–H and O–H groups in total. The highest BCUT2D eigenvalue weighted by Gasteiger charge is 2.18. The number of nitrogens with zero attached hydrogens (tertiary/aromatic N) is 4. The van der Waals surface area contributed by atoms with Gasteiger partial charge < -0.3 is 5.73 Å². The minimum atomic E-state index is -0.0755. The minimum Gasteiger partial charge on any atom is -0.384 e. The van der Waals surface area contributed by atoms with Crippen LogP contribution in [0, 0.1) is 6.92 Å². The predicted octanol–water partition coefficient (Wildman–Crippen LogP) is -0.209. The van der Waals surface area contributed by atoms with Crippen LogP contribution in [0.3, 0.4) is 0 Å². The maximum atomic E-state index is 5.96. The van der Waals surface area contributed by atoms with Gasteiger partial charge in [-0.2, -0.15) is 10.2 Å². The van der Waals surface area contributed by atoms with E-state index in [0.717, 1.165) is 17.0 Å². The first-order chi connectivity index (χ1) is 8.52. The van der Waals surface area contributed by atoms with Crippen molar-refractivity contribution in [3.63, 3.8) is 0 Å². The monoisotopic (exact) mass is 249 g/mol. The number of rotatable bonds is 4. The van der Waals surface area contributed by atoms with Gasteiger partial charge in [-0.15, -0.1) is 0 Å².